The Balaban J connectivity index is 0.00000450. The minimum absolute atomic E-state index is 0. The zero-order valence-electron chi connectivity index (χ0n) is 19.3. The molecule has 1 aliphatic rings. The Labute approximate surface area is 199 Å². The van der Waals surface area contributed by atoms with Crippen LogP contribution in [-0.2, 0) is 6.54 Å². The topological polar surface area (TPSA) is 67.4 Å². The molecular formula is C22H39IN4O3. The Hall–Kier alpha value is -1.42. The number of nitrogens with zero attached hydrogens (tertiary/aromatic N) is 2. The van der Waals surface area contributed by atoms with Crippen LogP contribution < -0.4 is 24.8 Å². The lowest BCUT2D eigenvalue weighted by Gasteiger charge is -2.41. The number of halogens is 1. The molecule has 0 aromatic heterocycles. The molecule has 1 aromatic rings. The van der Waals surface area contributed by atoms with Gasteiger partial charge in [-0.25, -0.2) is 4.99 Å². The Morgan fingerprint density at radius 1 is 1.00 bits per heavy atom. The summed E-state index contributed by atoms with van der Waals surface area (Å²) in [6.07, 6.45) is 3.92. The number of likely N-dealkylation sites (tertiary alicyclic amines) is 1. The van der Waals surface area contributed by atoms with E-state index in [0.29, 0.717) is 23.8 Å². The molecule has 0 unspecified atom stereocenters. The predicted octanol–water partition coefficient (Wildman–Crippen LogP) is 3.65. The van der Waals surface area contributed by atoms with Gasteiger partial charge < -0.3 is 24.8 Å². The van der Waals surface area contributed by atoms with Crippen LogP contribution in [0.2, 0.25) is 0 Å². The minimum Gasteiger partial charge on any atom is -0.496 e. The molecule has 1 aliphatic heterocycles. The Morgan fingerprint density at radius 3 is 2.10 bits per heavy atom. The van der Waals surface area contributed by atoms with E-state index in [2.05, 4.69) is 36.3 Å². The van der Waals surface area contributed by atoms with E-state index < -0.39 is 0 Å². The number of ether oxygens (including phenoxy) is 3. The van der Waals surface area contributed by atoms with Crippen molar-refractivity contribution in [2.24, 2.45) is 4.99 Å². The average Bonchev–Trinajstić information content (AvgIpc) is 2.75. The monoisotopic (exact) mass is 534 g/mol. The zero-order valence-corrected chi connectivity index (χ0v) is 21.7. The van der Waals surface area contributed by atoms with Gasteiger partial charge in [-0.05, 0) is 46.7 Å². The zero-order chi connectivity index (χ0) is 21.3. The van der Waals surface area contributed by atoms with Crippen molar-refractivity contribution in [2.75, 3.05) is 47.5 Å². The summed E-state index contributed by atoms with van der Waals surface area (Å²) in [6.45, 7) is 11.1. The summed E-state index contributed by atoms with van der Waals surface area (Å²) in [7, 11) is 4.92. The molecule has 0 spiro atoms. The molecule has 172 valence electrons. The highest BCUT2D eigenvalue weighted by Gasteiger charge is 2.28. The second kappa shape index (κ2) is 13.1. The van der Waals surface area contributed by atoms with Gasteiger partial charge >= 0.3 is 0 Å². The van der Waals surface area contributed by atoms with Gasteiger partial charge in [0.15, 0.2) is 5.96 Å². The molecule has 0 amide bonds. The van der Waals surface area contributed by atoms with Crippen molar-refractivity contribution in [3.8, 4) is 17.2 Å². The lowest BCUT2D eigenvalue weighted by molar-refractivity contribution is 0.0982. The largest absolute Gasteiger partial charge is 0.496 e. The van der Waals surface area contributed by atoms with Gasteiger partial charge in [-0.2, -0.15) is 0 Å². The van der Waals surface area contributed by atoms with E-state index in [1.54, 1.807) is 21.3 Å². The molecule has 30 heavy (non-hydrogen) atoms. The lowest BCUT2D eigenvalue weighted by Crippen LogP contribution is -2.54. The maximum atomic E-state index is 5.54. The normalized spacial score (nSPS) is 15.2. The number of nitrogens with one attached hydrogen (secondary N) is 2. The number of benzene rings is 1. The molecule has 2 rings (SSSR count). The molecule has 1 heterocycles. The fourth-order valence-corrected chi connectivity index (χ4v) is 3.64. The highest BCUT2D eigenvalue weighted by Crippen LogP contribution is 2.34. The summed E-state index contributed by atoms with van der Waals surface area (Å²) in [5.74, 6) is 2.89. The number of rotatable bonds is 9. The molecule has 1 fully saturated rings. The van der Waals surface area contributed by atoms with E-state index in [0.717, 1.165) is 24.6 Å². The van der Waals surface area contributed by atoms with Crippen LogP contribution in [0.5, 0.6) is 17.2 Å². The van der Waals surface area contributed by atoms with Gasteiger partial charge in [0.25, 0.3) is 0 Å². The fraction of sp³-hybridized carbons (Fsp3) is 0.682. The quantitative estimate of drug-likeness (QED) is 0.287. The van der Waals surface area contributed by atoms with Crippen LogP contribution in [0.1, 0.15) is 45.6 Å². The summed E-state index contributed by atoms with van der Waals surface area (Å²) in [5, 5.41) is 6.86. The summed E-state index contributed by atoms with van der Waals surface area (Å²) in [4.78, 5) is 7.35. The first-order valence-electron chi connectivity index (χ1n) is 10.5. The van der Waals surface area contributed by atoms with Crippen LogP contribution in [0.3, 0.4) is 0 Å². The van der Waals surface area contributed by atoms with Crippen molar-refractivity contribution in [3.63, 3.8) is 0 Å². The van der Waals surface area contributed by atoms with Crippen molar-refractivity contribution in [1.29, 1.82) is 0 Å². The van der Waals surface area contributed by atoms with Crippen LogP contribution in [-0.4, -0.2) is 63.9 Å². The van der Waals surface area contributed by atoms with E-state index >= 15 is 0 Å². The van der Waals surface area contributed by atoms with Crippen molar-refractivity contribution in [1.82, 2.24) is 15.5 Å². The molecule has 1 aromatic carbocycles. The third kappa shape index (κ3) is 7.37. The molecule has 0 bridgehead atoms. The van der Waals surface area contributed by atoms with Gasteiger partial charge in [-0.3, -0.25) is 4.90 Å². The number of methoxy groups -OCH3 is 3. The highest BCUT2D eigenvalue weighted by molar-refractivity contribution is 14.0. The summed E-state index contributed by atoms with van der Waals surface area (Å²) >= 11 is 0. The molecule has 0 saturated carbocycles. The minimum atomic E-state index is 0. The number of guanidine groups is 1. The highest BCUT2D eigenvalue weighted by atomic mass is 127. The van der Waals surface area contributed by atoms with E-state index in [1.165, 1.54) is 32.4 Å². The Morgan fingerprint density at radius 2 is 1.60 bits per heavy atom. The van der Waals surface area contributed by atoms with Gasteiger partial charge in [0.2, 0.25) is 0 Å². The number of hydrogen-bond acceptors (Lipinski definition) is 5. The maximum Gasteiger partial charge on any atom is 0.191 e. The van der Waals surface area contributed by atoms with Crippen LogP contribution in [0, 0.1) is 0 Å². The fourth-order valence-electron chi connectivity index (χ4n) is 3.64. The van der Waals surface area contributed by atoms with E-state index in [9.17, 15) is 0 Å². The van der Waals surface area contributed by atoms with Crippen LogP contribution in [0.25, 0.3) is 0 Å². The first-order valence-corrected chi connectivity index (χ1v) is 10.5. The Bertz CT molecular complexity index is 651. The van der Waals surface area contributed by atoms with E-state index in [1.807, 2.05) is 12.1 Å². The summed E-state index contributed by atoms with van der Waals surface area (Å²) in [5.41, 5.74) is 0.967. The number of hydrogen-bond donors (Lipinski definition) is 2. The van der Waals surface area contributed by atoms with Gasteiger partial charge in [0.1, 0.15) is 17.2 Å². The van der Waals surface area contributed by atoms with Crippen molar-refractivity contribution in [2.45, 2.75) is 52.1 Å². The first-order chi connectivity index (χ1) is 13.9. The molecule has 2 N–H and O–H groups in total. The van der Waals surface area contributed by atoms with Gasteiger partial charge in [-0.1, -0.05) is 6.42 Å². The van der Waals surface area contributed by atoms with Gasteiger partial charge in [0, 0.05) is 30.8 Å². The number of piperidine rings is 1. The number of aliphatic imine (C=N–C) groups is 1. The summed E-state index contributed by atoms with van der Waals surface area (Å²) < 4.78 is 16.4. The molecule has 1 saturated heterocycles. The molecule has 0 atom stereocenters. The molecule has 0 aliphatic carbocycles. The third-order valence-corrected chi connectivity index (χ3v) is 5.46. The van der Waals surface area contributed by atoms with Gasteiger partial charge in [0.05, 0.1) is 33.4 Å². The molecule has 8 heteroatoms. The lowest BCUT2D eigenvalue weighted by atomic mass is 9.98. The second-order valence-electron chi connectivity index (χ2n) is 7.92. The summed E-state index contributed by atoms with van der Waals surface area (Å²) in [6, 6.07) is 3.71. The van der Waals surface area contributed by atoms with Crippen molar-refractivity contribution in [3.05, 3.63) is 17.7 Å². The SMILES string of the molecule is CCNC(=NCc1c(OC)cc(OC)cc1OC)NCC(C)(C)N1CCCCC1.I. The molecule has 0 radical (unpaired) electrons. The van der Waals surface area contributed by atoms with Crippen LogP contribution in [0.4, 0.5) is 0 Å². The second-order valence-corrected chi connectivity index (χ2v) is 7.92. The maximum absolute atomic E-state index is 5.54. The standard InChI is InChI=1S/C22H38N4O3.HI/c1-7-23-21(25-16-22(2,3)26-11-9-8-10-12-26)24-15-18-19(28-5)13-17(27-4)14-20(18)29-6;/h13-14H,7-12,15-16H2,1-6H3,(H2,23,24,25);1H. The van der Waals surface area contributed by atoms with Crippen LogP contribution in [0.15, 0.2) is 17.1 Å². The van der Waals surface area contributed by atoms with Crippen molar-refractivity contribution < 1.29 is 14.2 Å². The Kier molecular flexibility index (Phi) is 11.6. The molecular weight excluding hydrogens is 495 g/mol. The predicted molar refractivity (Wildman–Crippen MR) is 134 cm³/mol. The van der Waals surface area contributed by atoms with Gasteiger partial charge in [-0.15, -0.1) is 24.0 Å². The smallest absolute Gasteiger partial charge is 0.191 e. The third-order valence-electron chi connectivity index (χ3n) is 5.46. The van der Waals surface area contributed by atoms with Crippen molar-refractivity contribution >= 4 is 29.9 Å². The van der Waals surface area contributed by atoms with E-state index in [4.69, 9.17) is 19.2 Å². The van der Waals surface area contributed by atoms with Crippen LogP contribution >= 0.6 is 24.0 Å². The van der Waals surface area contributed by atoms with E-state index in [-0.39, 0.29) is 29.5 Å². The first kappa shape index (κ1) is 26.6. The molecule has 7 nitrogen and oxygen atoms in total. The average molecular weight is 534 g/mol.